The van der Waals surface area contributed by atoms with Crippen molar-refractivity contribution in [1.82, 2.24) is 4.90 Å². The zero-order chi connectivity index (χ0) is 12.4. The quantitative estimate of drug-likeness (QED) is 0.829. The average Bonchev–Trinajstić information content (AvgIpc) is 2.19. The summed E-state index contributed by atoms with van der Waals surface area (Å²) in [5, 5.41) is 0.677. The highest BCUT2D eigenvalue weighted by molar-refractivity contribution is 6.30. The second-order valence-electron chi connectivity index (χ2n) is 4.35. The van der Waals surface area contributed by atoms with Gasteiger partial charge in [-0.25, -0.2) is 0 Å². The van der Waals surface area contributed by atoms with E-state index in [1.807, 2.05) is 17.9 Å². The van der Waals surface area contributed by atoms with Crippen LogP contribution in [-0.2, 0) is 4.79 Å². The van der Waals surface area contributed by atoms with Gasteiger partial charge in [-0.2, -0.15) is 0 Å². The van der Waals surface area contributed by atoms with Gasteiger partial charge in [0, 0.05) is 18.1 Å². The van der Waals surface area contributed by atoms with Crippen LogP contribution in [0.15, 0.2) is 18.2 Å². The highest BCUT2D eigenvalue weighted by atomic mass is 35.5. The molecular formula is C13H16ClNO2. The molecule has 1 fully saturated rings. The van der Waals surface area contributed by atoms with Gasteiger partial charge in [0.05, 0.1) is 0 Å². The fourth-order valence-corrected chi connectivity index (χ4v) is 2.01. The summed E-state index contributed by atoms with van der Waals surface area (Å²) in [5.74, 6) is 0.779. The van der Waals surface area contributed by atoms with Crippen molar-refractivity contribution < 1.29 is 9.53 Å². The molecule has 92 valence electrons. The van der Waals surface area contributed by atoms with E-state index in [1.54, 1.807) is 19.1 Å². The van der Waals surface area contributed by atoms with E-state index in [-0.39, 0.29) is 5.91 Å². The van der Waals surface area contributed by atoms with Gasteiger partial charge < -0.3 is 9.64 Å². The van der Waals surface area contributed by atoms with Crippen molar-refractivity contribution >= 4 is 17.5 Å². The molecule has 1 heterocycles. The molecule has 1 aromatic rings. The normalized spacial score (nSPS) is 16.3. The molecule has 1 atom stereocenters. The van der Waals surface area contributed by atoms with Crippen LogP contribution in [-0.4, -0.2) is 30.0 Å². The van der Waals surface area contributed by atoms with Crippen LogP contribution >= 0.6 is 11.6 Å². The van der Waals surface area contributed by atoms with Gasteiger partial charge in [-0.3, -0.25) is 4.79 Å². The monoisotopic (exact) mass is 253 g/mol. The van der Waals surface area contributed by atoms with E-state index in [1.165, 1.54) is 0 Å². The molecule has 1 saturated heterocycles. The van der Waals surface area contributed by atoms with Gasteiger partial charge in [0.25, 0.3) is 5.91 Å². The van der Waals surface area contributed by atoms with E-state index in [2.05, 4.69) is 0 Å². The molecule has 1 unspecified atom stereocenters. The molecule has 4 heteroatoms. The number of benzene rings is 1. The van der Waals surface area contributed by atoms with E-state index in [0.29, 0.717) is 5.02 Å². The van der Waals surface area contributed by atoms with E-state index >= 15 is 0 Å². The molecule has 2 rings (SSSR count). The topological polar surface area (TPSA) is 29.5 Å². The van der Waals surface area contributed by atoms with Crippen molar-refractivity contribution in [3.63, 3.8) is 0 Å². The molecule has 0 aromatic heterocycles. The van der Waals surface area contributed by atoms with Crippen molar-refractivity contribution in [3.05, 3.63) is 28.8 Å². The number of ether oxygens (including phenoxy) is 1. The Balaban J connectivity index is 2.01. The number of carbonyl (C=O) groups excluding carboxylic acids is 1. The van der Waals surface area contributed by atoms with E-state index < -0.39 is 6.10 Å². The fourth-order valence-electron chi connectivity index (χ4n) is 1.78. The van der Waals surface area contributed by atoms with Gasteiger partial charge in [-0.1, -0.05) is 11.6 Å². The Morgan fingerprint density at radius 3 is 2.71 bits per heavy atom. The first-order chi connectivity index (χ1) is 8.08. The van der Waals surface area contributed by atoms with Crippen molar-refractivity contribution in [3.8, 4) is 5.75 Å². The molecule has 1 amide bonds. The summed E-state index contributed by atoms with van der Waals surface area (Å²) in [4.78, 5) is 13.7. The molecule has 0 N–H and O–H groups in total. The van der Waals surface area contributed by atoms with Crippen molar-refractivity contribution in [2.45, 2.75) is 26.4 Å². The standard InChI is InChI=1S/C13H16ClNO2/c1-9-8-11(14)4-5-12(9)17-10(2)13(16)15-6-3-7-15/h4-5,8,10H,3,6-7H2,1-2H3. The van der Waals surface area contributed by atoms with E-state index in [4.69, 9.17) is 16.3 Å². The highest BCUT2D eigenvalue weighted by Crippen LogP contribution is 2.23. The SMILES string of the molecule is Cc1cc(Cl)ccc1OC(C)C(=O)N1CCC1. The third-order valence-corrected chi connectivity index (χ3v) is 3.19. The van der Waals surface area contributed by atoms with Gasteiger partial charge in [-0.15, -0.1) is 0 Å². The molecule has 1 aliphatic heterocycles. The number of carbonyl (C=O) groups is 1. The maximum Gasteiger partial charge on any atom is 0.263 e. The Morgan fingerprint density at radius 2 is 2.18 bits per heavy atom. The number of hydrogen-bond donors (Lipinski definition) is 0. The largest absolute Gasteiger partial charge is 0.481 e. The Kier molecular flexibility index (Phi) is 3.57. The Bertz CT molecular complexity index is 429. The summed E-state index contributed by atoms with van der Waals surface area (Å²) in [6, 6.07) is 5.40. The Morgan fingerprint density at radius 1 is 1.47 bits per heavy atom. The van der Waals surface area contributed by atoms with E-state index in [0.717, 1.165) is 30.8 Å². The van der Waals surface area contributed by atoms with Crippen LogP contribution in [0.5, 0.6) is 5.75 Å². The summed E-state index contributed by atoms with van der Waals surface area (Å²) in [6.07, 6.45) is 0.661. The second-order valence-corrected chi connectivity index (χ2v) is 4.79. The minimum absolute atomic E-state index is 0.0607. The molecule has 1 aromatic carbocycles. The van der Waals surface area contributed by atoms with Crippen LogP contribution in [0.25, 0.3) is 0 Å². The van der Waals surface area contributed by atoms with Crippen LogP contribution in [0.2, 0.25) is 5.02 Å². The minimum atomic E-state index is -0.435. The number of nitrogens with zero attached hydrogens (tertiary/aromatic N) is 1. The molecule has 0 saturated carbocycles. The second kappa shape index (κ2) is 4.96. The van der Waals surface area contributed by atoms with Gasteiger partial charge in [0.1, 0.15) is 5.75 Å². The summed E-state index contributed by atoms with van der Waals surface area (Å²) < 4.78 is 5.67. The molecule has 17 heavy (non-hydrogen) atoms. The summed E-state index contributed by atoms with van der Waals surface area (Å²) in [5.41, 5.74) is 0.945. The highest BCUT2D eigenvalue weighted by Gasteiger charge is 2.26. The van der Waals surface area contributed by atoms with Crippen LogP contribution < -0.4 is 4.74 Å². The van der Waals surface area contributed by atoms with Crippen molar-refractivity contribution in [1.29, 1.82) is 0 Å². The first-order valence-corrected chi connectivity index (χ1v) is 6.17. The molecule has 3 nitrogen and oxygen atoms in total. The third-order valence-electron chi connectivity index (χ3n) is 2.96. The molecule has 0 radical (unpaired) electrons. The number of likely N-dealkylation sites (tertiary alicyclic amines) is 1. The fraction of sp³-hybridized carbons (Fsp3) is 0.462. The minimum Gasteiger partial charge on any atom is -0.481 e. The summed E-state index contributed by atoms with van der Waals surface area (Å²) in [6.45, 7) is 5.41. The van der Waals surface area contributed by atoms with Gasteiger partial charge in [-0.05, 0) is 44.0 Å². The number of amides is 1. The van der Waals surface area contributed by atoms with Gasteiger partial charge >= 0.3 is 0 Å². The first kappa shape index (κ1) is 12.2. The molecule has 0 bridgehead atoms. The lowest BCUT2D eigenvalue weighted by Crippen LogP contribution is -2.48. The van der Waals surface area contributed by atoms with Crippen molar-refractivity contribution in [2.75, 3.05) is 13.1 Å². The van der Waals surface area contributed by atoms with Crippen LogP contribution in [0.1, 0.15) is 18.9 Å². The van der Waals surface area contributed by atoms with Gasteiger partial charge in [0.2, 0.25) is 0 Å². The zero-order valence-electron chi connectivity index (χ0n) is 10.1. The predicted octanol–water partition coefficient (Wildman–Crippen LogP) is 2.65. The Hall–Kier alpha value is -1.22. The maximum atomic E-state index is 11.9. The molecule has 0 aliphatic carbocycles. The average molecular weight is 254 g/mol. The summed E-state index contributed by atoms with van der Waals surface area (Å²) in [7, 11) is 0. The molecular weight excluding hydrogens is 238 g/mol. The molecule has 0 spiro atoms. The Labute approximate surface area is 106 Å². The number of halogens is 1. The smallest absolute Gasteiger partial charge is 0.263 e. The number of rotatable bonds is 3. The summed E-state index contributed by atoms with van der Waals surface area (Å²) >= 11 is 5.87. The van der Waals surface area contributed by atoms with Crippen molar-refractivity contribution in [2.24, 2.45) is 0 Å². The number of hydrogen-bond acceptors (Lipinski definition) is 2. The molecule has 1 aliphatic rings. The number of aryl methyl sites for hydroxylation is 1. The lowest BCUT2D eigenvalue weighted by Gasteiger charge is -2.33. The lowest BCUT2D eigenvalue weighted by atomic mass is 10.2. The predicted molar refractivity (Wildman–Crippen MR) is 67.5 cm³/mol. The van der Waals surface area contributed by atoms with Crippen LogP contribution in [0, 0.1) is 6.92 Å². The van der Waals surface area contributed by atoms with Gasteiger partial charge in [0.15, 0.2) is 6.10 Å². The van der Waals surface area contributed by atoms with Crippen LogP contribution in [0.3, 0.4) is 0 Å². The first-order valence-electron chi connectivity index (χ1n) is 5.79. The van der Waals surface area contributed by atoms with E-state index in [9.17, 15) is 4.79 Å². The third kappa shape index (κ3) is 2.72. The zero-order valence-corrected chi connectivity index (χ0v) is 10.8. The lowest BCUT2D eigenvalue weighted by molar-refractivity contribution is -0.141. The van der Waals surface area contributed by atoms with Crippen LogP contribution in [0.4, 0.5) is 0 Å². The maximum absolute atomic E-state index is 11.9.